The van der Waals surface area contributed by atoms with Crippen molar-refractivity contribution in [2.45, 2.75) is 13.8 Å². The molecule has 1 N–H and O–H groups in total. The molecule has 3 heteroatoms. The largest absolute Gasteiger partial charge is 0.391 e. The lowest BCUT2D eigenvalue weighted by atomic mass is 10.4. The van der Waals surface area contributed by atoms with Crippen LogP contribution in [0.2, 0.25) is 0 Å². The second-order valence-electron chi connectivity index (χ2n) is 2.84. The van der Waals surface area contributed by atoms with E-state index in [1.807, 2.05) is 0 Å². The Balaban J connectivity index is 3.96. The lowest BCUT2D eigenvalue weighted by molar-refractivity contribution is -0.942. The number of aliphatic hydroxyl groups excluding tert-OH is 1. The van der Waals surface area contributed by atoms with E-state index in [9.17, 15) is 0 Å². The number of quaternary nitrogens is 1. The summed E-state index contributed by atoms with van der Waals surface area (Å²) in [5.41, 5.74) is 0. The molecule has 0 spiro atoms. The molecule has 0 saturated carbocycles. The van der Waals surface area contributed by atoms with Gasteiger partial charge < -0.3 is 9.84 Å². The molecule has 0 rings (SSSR count). The Morgan fingerprint density at radius 3 is 2.09 bits per heavy atom. The average Bonchev–Trinajstić information content (AvgIpc) is 2.04. The molecule has 0 saturated heterocycles. The van der Waals surface area contributed by atoms with E-state index < -0.39 is 0 Å². The lowest BCUT2D eigenvalue weighted by Crippen LogP contribution is -2.50. The number of methoxy groups -OCH3 is 1. The number of aliphatic hydroxyl groups is 1. The van der Waals surface area contributed by atoms with E-state index in [2.05, 4.69) is 13.8 Å². The SMILES string of the molecule is CC[N+](CC)(CCO)COC. The van der Waals surface area contributed by atoms with Gasteiger partial charge in [0.2, 0.25) is 0 Å². The number of rotatable bonds is 6. The molecule has 0 aromatic heterocycles. The summed E-state index contributed by atoms with van der Waals surface area (Å²) >= 11 is 0. The molecule has 0 aromatic rings. The van der Waals surface area contributed by atoms with Crippen LogP contribution in [0.1, 0.15) is 13.8 Å². The van der Waals surface area contributed by atoms with Gasteiger partial charge in [0.25, 0.3) is 0 Å². The van der Waals surface area contributed by atoms with Crippen LogP contribution in [0.3, 0.4) is 0 Å². The maximum absolute atomic E-state index is 8.82. The smallest absolute Gasteiger partial charge is 0.182 e. The summed E-state index contributed by atoms with van der Waals surface area (Å²) in [4.78, 5) is 0. The van der Waals surface area contributed by atoms with Gasteiger partial charge in [-0.25, -0.2) is 0 Å². The second kappa shape index (κ2) is 5.52. The predicted octanol–water partition coefficient (Wildman–Crippen LogP) is 0.439. The molecule has 68 valence electrons. The lowest BCUT2D eigenvalue weighted by Gasteiger charge is -2.34. The highest BCUT2D eigenvalue weighted by Gasteiger charge is 2.21. The van der Waals surface area contributed by atoms with Crippen molar-refractivity contribution in [2.24, 2.45) is 0 Å². The van der Waals surface area contributed by atoms with Crippen LogP contribution in [0.15, 0.2) is 0 Å². The van der Waals surface area contributed by atoms with Crippen molar-refractivity contribution in [2.75, 3.05) is 40.1 Å². The quantitative estimate of drug-likeness (QED) is 0.453. The fourth-order valence-corrected chi connectivity index (χ4v) is 1.27. The van der Waals surface area contributed by atoms with Crippen molar-refractivity contribution in [1.29, 1.82) is 0 Å². The van der Waals surface area contributed by atoms with E-state index in [0.717, 1.165) is 24.1 Å². The molecule has 0 aliphatic rings. The van der Waals surface area contributed by atoms with E-state index in [0.29, 0.717) is 6.73 Å². The first-order valence-electron chi connectivity index (χ1n) is 4.19. The van der Waals surface area contributed by atoms with Crippen LogP contribution in [0.4, 0.5) is 0 Å². The maximum atomic E-state index is 8.82. The van der Waals surface area contributed by atoms with Crippen molar-refractivity contribution in [1.82, 2.24) is 0 Å². The van der Waals surface area contributed by atoms with Gasteiger partial charge in [-0.1, -0.05) is 0 Å². The zero-order valence-corrected chi connectivity index (χ0v) is 7.84. The van der Waals surface area contributed by atoms with E-state index >= 15 is 0 Å². The molecule has 0 atom stereocenters. The zero-order valence-electron chi connectivity index (χ0n) is 7.84. The molecule has 0 aliphatic carbocycles. The van der Waals surface area contributed by atoms with Gasteiger partial charge in [0.1, 0.15) is 6.54 Å². The Bertz CT molecular complexity index is 84.1. The highest BCUT2D eigenvalue weighted by molar-refractivity contribution is 4.33. The zero-order chi connectivity index (χ0) is 8.74. The Hall–Kier alpha value is -0.120. The average molecular weight is 162 g/mol. The maximum Gasteiger partial charge on any atom is 0.182 e. The fraction of sp³-hybridized carbons (Fsp3) is 1.00. The van der Waals surface area contributed by atoms with Gasteiger partial charge in [-0.3, -0.25) is 4.48 Å². The molecule has 0 radical (unpaired) electrons. The van der Waals surface area contributed by atoms with Gasteiger partial charge in [0.05, 0.1) is 19.7 Å². The molecule has 11 heavy (non-hydrogen) atoms. The van der Waals surface area contributed by atoms with Crippen LogP contribution in [-0.4, -0.2) is 49.7 Å². The van der Waals surface area contributed by atoms with Crippen LogP contribution in [0, 0.1) is 0 Å². The van der Waals surface area contributed by atoms with Gasteiger partial charge in [0, 0.05) is 7.11 Å². The van der Waals surface area contributed by atoms with Crippen molar-refractivity contribution in [3.05, 3.63) is 0 Å². The Kier molecular flexibility index (Phi) is 5.46. The van der Waals surface area contributed by atoms with Gasteiger partial charge >= 0.3 is 0 Å². The number of likely N-dealkylation sites (N-methyl/N-ethyl adjacent to an activating group) is 1. The molecular weight excluding hydrogens is 142 g/mol. The third-order valence-electron chi connectivity index (χ3n) is 2.32. The van der Waals surface area contributed by atoms with Gasteiger partial charge in [0.15, 0.2) is 6.73 Å². The summed E-state index contributed by atoms with van der Waals surface area (Å²) in [6.45, 7) is 8.02. The van der Waals surface area contributed by atoms with Crippen LogP contribution >= 0.6 is 0 Å². The van der Waals surface area contributed by atoms with Gasteiger partial charge in [-0.15, -0.1) is 0 Å². The first-order valence-corrected chi connectivity index (χ1v) is 4.19. The van der Waals surface area contributed by atoms with Gasteiger partial charge in [-0.2, -0.15) is 0 Å². The van der Waals surface area contributed by atoms with Crippen molar-refractivity contribution < 1.29 is 14.3 Å². The summed E-state index contributed by atoms with van der Waals surface area (Å²) in [5, 5.41) is 8.82. The summed E-state index contributed by atoms with van der Waals surface area (Å²) in [7, 11) is 1.70. The predicted molar refractivity (Wildman–Crippen MR) is 45.2 cm³/mol. The topological polar surface area (TPSA) is 29.5 Å². The number of hydrogen-bond donors (Lipinski definition) is 1. The third-order valence-corrected chi connectivity index (χ3v) is 2.32. The fourth-order valence-electron chi connectivity index (χ4n) is 1.27. The van der Waals surface area contributed by atoms with Crippen molar-refractivity contribution in [3.63, 3.8) is 0 Å². The normalized spacial score (nSPS) is 12.0. The first-order chi connectivity index (χ1) is 5.24. The van der Waals surface area contributed by atoms with Gasteiger partial charge in [-0.05, 0) is 13.8 Å². The highest BCUT2D eigenvalue weighted by atomic mass is 16.5. The molecule has 0 heterocycles. The molecule has 3 nitrogen and oxygen atoms in total. The van der Waals surface area contributed by atoms with Crippen LogP contribution < -0.4 is 0 Å². The second-order valence-corrected chi connectivity index (χ2v) is 2.84. The first kappa shape index (κ1) is 10.9. The Morgan fingerprint density at radius 2 is 1.82 bits per heavy atom. The molecular formula is C8H20NO2+. The summed E-state index contributed by atoms with van der Waals surface area (Å²) in [5.74, 6) is 0. The van der Waals surface area contributed by atoms with E-state index in [1.54, 1.807) is 7.11 Å². The van der Waals surface area contributed by atoms with Crippen LogP contribution in [0.5, 0.6) is 0 Å². The van der Waals surface area contributed by atoms with Crippen LogP contribution in [0.25, 0.3) is 0 Å². The minimum atomic E-state index is 0.241. The number of ether oxygens (including phenoxy) is 1. The number of hydrogen-bond acceptors (Lipinski definition) is 2. The molecule has 0 aromatic carbocycles. The summed E-state index contributed by atoms with van der Waals surface area (Å²) in [6, 6.07) is 0. The standard InChI is InChI=1S/C8H20NO2/c1-4-9(5-2,6-7-10)8-11-3/h10H,4-8H2,1-3H3/q+1. The van der Waals surface area contributed by atoms with E-state index in [-0.39, 0.29) is 6.61 Å². The molecule has 0 bridgehead atoms. The number of nitrogens with zero attached hydrogens (tertiary/aromatic N) is 1. The van der Waals surface area contributed by atoms with Crippen molar-refractivity contribution in [3.8, 4) is 0 Å². The van der Waals surface area contributed by atoms with Crippen molar-refractivity contribution >= 4 is 0 Å². The summed E-state index contributed by atoms with van der Waals surface area (Å²) < 4.78 is 5.96. The Morgan fingerprint density at radius 1 is 1.27 bits per heavy atom. The monoisotopic (exact) mass is 162 g/mol. The molecule has 0 aliphatic heterocycles. The molecule has 0 amide bonds. The minimum Gasteiger partial charge on any atom is -0.391 e. The Labute approximate surface area is 69.2 Å². The minimum absolute atomic E-state index is 0.241. The van der Waals surface area contributed by atoms with Crippen LogP contribution in [-0.2, 0) is 4.74 Å². The van der Waals surface area contributed by atoms with E-state index in [4.69, 9.17) is 9.84 Å². The van der Waals surface area contributed by atoms with E-state index in [1.165, 1.54) is 0 Å². The molecule has 0 unspecified atom stereocenters. The summed E-state index contributed by atoms with van der Waals surface area (Å²) in [6.07, 6.45) is 0. The third kappa shape index (κ3) is 3.18. The molecule has 0 fully saturated rings. The highest BCUT2D eigenvalue weighted by Crippen LogP contribution is 2.04.